The Kier molecular flexibility index (Phi) is 2.86. The van der Waals surface area contributed by atoms with E-state index in [9.17, 15) is 12.8 Å². The van der Waals surface area contributed by atoms with Crippen LogP contribution in [0.1, 0.15) is 0 Å². The van der Waals surface area contributed by atoms with Crippen LogP contribution in [0.2, 0.25) is 0 Å². The van der Waals surface area contributed by atoms with Crippen molar-refractivity contribution in [3.63, 3.8) is 0 Å². The molecule has 5 nitrogen and oxygen atoms in total. The Hall–Kier alpha value is -1.89. The fourth-order valence-electron chi connectivity index (χ4n) is 1.60. The maximum Gasteiger partial charge on any atom is 0.175 e. The van der Waals surface area contributed by atoms with Crippen LogP contribution in [0.3, 0.4) is 0 Å². The van der Waals surface area contributed by atoms with Gasteiger partial charge in [0.2, 0.25) is 0 Å². The SMILES string of the molecule is Cn1ncc(-c2cc(F)cc(S(C)(=O)=O)c2)c1N. The summed E-state index contributed by atoms with van der Waals surface area (Å²) in [6.07, 6.45) is 2.49. The van der Waals surface area contributed by atoms with E-state index in [2.05, 4.69) is 5.10 Å². The molecule has 0 fully saturated rings. The summed E-state index contributed by atoms with van der Waals surface area (Å²) in [5.74, 6) is -0.281. The molecule has 0 aliphatic rings. The first-order chi connectivity index (χ1) is 8.29. The molecule has 0 amide bonds. The smallest absolute Gasteiger partial charge is 0.175 e. The Morgan fingerprint density at radius 1 is 1.33 bits per heavy atom. The molecule has 1 heterocycles. The van der Waals surface area contributed by atoms with E-state index < -0.39 is 15.7 Å². The van der Waals surface area contributed by atoms with E-state index in [-0.39, 0.29) is 4.90 Å². The summed E-state index contributed by atoms with van der Waals surface area (Å²) >= 11 is 0. The fraction of sp³-hybridized carbons (Fsp3) is 0.182. The van der Waals surface area contributed by atoms with Crippen LogP contribution in [0.25, 0.3) is 11.1 Å². The second kappa shape index (κ2) is 4.09. The molecule has 0 saturated carbocycles. The van der Waals surface area contributed by atoms with Crippen LogP contribution in [0, 0.1) is 5.82 Å². The Labute approximate surface area is 104 Å². The van der Waals surface area contributed by atoms with Crippen molar-refractivity contribution in [3.8, 4) is 11.1 Å². The van der Waals surface area contributed by atoms with Crippen LogP contribution in [0.4, 0.5) is 10.2 Å². The molecule has 2 rings (SSSR count). The number of hydrogen-bond acceptors (Lipinski definition) is 4. The van der Waals surface area contributed by atoms with Gasteiger partial charge in [-0.05, 0) is 23.8 Å². The molecular formula is C11H12FN3O2S. The number of nitrogens with zero attached hydrogens (tertiary/aromatic N) is 2. The molecular weight excluding hydrogens is 257 g/mol. The first-order valence-corrected chi connectivity index (χ1v) is 6.96. The van der Waals surface area contributed by atoms with Crippen LogP contribution in [0.5, 0.6) is 0 Å². The largest absolute Gasteiger partial charge is 0.383 e. The second-order valence-corrected chi connectivity index (χ2v) is 6.03. The molecule has 0 unspecified atom stereocenters. The van der Waals surface area contributed by atoms with Gasteiger partial charge >= 0.3 is 0 Å². The zero-order valence-corrected chi connectivity index (χ0v) is 10.7. The minimum Gasteiger partial charge on any atom is -0.383 e. The van der Waals surface area contributed by atoms with Gasteiger partial charge in [-0.1, -0.05) is 0 Å². The van der Waals surface area contributed by atoms with Gasteiger partial charge in [0.05, 0.1) is 11.1 Å². The van der Waals surface area contributed by atoms with Crippen LogP contribution in [0.15, 0.2) is 29.3 Å². The van der Waals surface area contributed by atoms with Crippen LogP contribution in [-0.2, 0) is 16.9 Å². The van der Waals surface area contributed by atoms with Gasteiger partial charge in [0.25, 0.3) is 0 Å². The van der Waals surface area contributed by atoms with Crippen molar-refractivity contribution in [2.45, 2.75) is 4.90 Å². The van der Waals surface area contributed by atoms with Gasteiger partial charge in [-0.3, -0.25) is 4.68 Å². The number of halogens is 1. The lowest BCUT2D eigenvalue weighted by Gasteiger charge is -2.04. The summed E-state index contributed by atoms with van der Waals surface area (Å²) in [5.41, 5.74) is 6.66. The summed E-state index contributed by atoms with van der Waals surface area (Å²) in [7, 11) is -1.82. The molecule has 1 aromatic carbocycles. The third kappa shape index (κ3) is 2.21. The van der Waals surface area contributed by atoms with Crippen molar-refractivity contribution in [1.29, 1.82) is 0 Å². The molecule has 2 N–H and O–H groups in total. The van der Waals surface area contributed by atoms with E-state index in [4.69, 9.17) is 5.73 Å². The number of aryl methyl sites for hydroxylation is 1. The molecule has 0 aliphatic carbocycles. The summed E-state index contributed by atoms with van der Waals surface area (Å²) in [4.78, 5) is -0.0826. The molecule has 0 aliphatic heterocycles. The van der Waals surface area contributed by atoms with Gasteiger partial charge in [0, 0.05) is 18.9 Å². The van der Waals surface area contributed by atoms with E-state index in [0.717, 1.165) is 12.3 Å². The monoisotopic (exact) mass is 269 g/mol. The van der Waals surface area contributed by atoms with Gasteiger partial charge in [-0.25, -0.2) is 12.8 Å². The standard InChI is InChI=1S/C11H12FN3O2S/c1-15-11(13)10(6-14-15)7-3-8(12)5-9(4-7)18(2,16)17/h3-6H,13H2,1-2H3. The van der Waals surface area contributed by atoms with E-state index in [1.165, 1.54) is 23.0 Å². The van der Waals surface area contributed by atoms with E-state index in [1.807, 2.05) is 0 Å². The predicted molar refractivity (Wildman–Crippen MR) is 66.1 cm³/mol. The average molecular weight is 269 g/mol. The maximum atomic E-state index is 13.4. The van der Waals surface area contributed by atoms with Gasteiger partial charge in [0.1, 0.15) is 11.6 Å². The number of anilines is 1. The lowest BCUT2D eigenvalue weighted by atomic mass is 10.1. The van der Waals surface area contributed by atoms with Gasteiger partial charge in [0.15, 0.2) is 9.84 Å². The fourth-order valence-corrected chi connectivity index (χ4v) is 2.27. The molecule has 1 aromatic heterocycles. The topological polar surface area (TPSA) is 78.0 Å². The highest BCUT2D eigenvalue weighted by Crippen LogP contribution is 2.28. The third-order valence-corrected chi connectivity index (χ3v) is 3.69. The van der Waals surface area contributed by atoms with Crippen molar-refractivity contribution in [3.05, 3.63) is 30.2 Å². The van der Waals surface area contributed by atoms with Gasteiger partial charge in [-0.2, -0.15) is 5.10 Å². The van der Waals surface area contributed by atoms with Gasteiger partial charge in [-0.15, -0.1) is 0 Å². The van der Waals surface area contributed by atoms with Crippen molar-refractivity contribution < 1.29 is 12.8 Å². The molecule has 96 valence electrons. The first kappa shape index (κ1) is 12.6. The molecule has 0 spiro atoms. The molecule has 0 atom stereocenters. The first-order valence-electron chi connectivity index (χ1n) is 5.07. The predicted octanol–water partition coefficient (Wildman–Crippen LogP) is 1.21. The van der Waals surface area contributed by atoms with Crippen molar-refractivity contribution in [2.24, 2.45) is 7.05 Å². The number of nitrogens with two attached hydrogens (primary N) is 1. The highest BCUT2D eigenvalue weighted by molar-refractivity contribution is 7.90. The van der Waals surface area contributed by atoms with Crippen molar-refractivity contribution in [2.75, 3.05) is 12.0 Å². The number of aromatic nitrogens is 2. The van der Waals surface area contributed by atoms with Crippen molar-refractivity contribution >= 4 is 15.7 Å². The van der Waals surface area contributed by atoms with E-state index >= 15 is 0 Å². The maximum absolute atomic E-state index is 13.4. The number of sulfone groups is 1. The molecule has 2 aromatic rings. The van der Waals surface area contributed by atoms with Crippen LogP contribution in [-0.4, -0.2) is 24.5 Å². The number of benzene rings is 1. The van der Waals surface area contributed by atoms with Gasteiger partial charge < -0.3 is 5.73 Å². The molecule has 7 heteroatoms. The van der Waals surface area contributed by atoms with E-state index in [0.29, 0.717) is 16.9 Å². The molecule has 0 saturated heterocycles. The lowest BCUT2D eigenvalue weighted by Crippen LogP contribution is -2.00. The Bertz CT molecular complexity index is 707. The summed E-state index contributed by atoms with van der Waals surface area (Å²) in [5, 5.41) is 3.93. The summed E-state index contributed by atoms with van der Waals surface area (Å²) in [6, 6.07) is 3.58. The number of nitrogen functional groups attached to an aromatic ring is 1. The Balaban J connectivity index is 2.66. The number of hydrogen-bond donors (Lipinski definition) is 1. The molecule has 0 radical (unpaired) electrons. The number of rotatable bonds is 2. The van der Waals surface area contributed by atoms with Crippen LogP contribution >= 0.6 is 0 Å². The summed E-state index contributed by atoms with van der Waals surface area (Å²) < 4.78 is 37.8. The molecule has 18 heavy (non-hydrogen) atoms. The van der Waals surface area contributed by atoms with Crippen molar-refractivity contribution in [1.82, 2.24) is 9.78 Å². The zero-order valence-electron chi connectivity index (χ0n) is 9.88. The minimum atomic E-state index is -3.47. The normalized spacial score (nSPS) is 11.7. The second-order valence-electron chi connectivity index (χ2n) is 4.01. The highest BCUT2D eigenvalue weighted by atomic mass is 32.2. The molecule has 0 bridgehead atoms. The zero-order chi connectivity index (χ0) is 13.5. The summed E-state index contributed by atoms with van der Waals surface area (Å²) in [6.45, 7) is 0. The minimum absolute atomic E-state index is 0.0826. The average Bonchev–Trinajstić information content (AvgIpc) is 2.58. The quantitative estimate of drug-likeness (QED) is 0.889. The van der Waals surface area contributed by atoms with Crippen LogP contribution < -0.4 is 5.73 Å². The van der Waals surface area contributed by atoms with E-state index in [1.54, 1.807) is 7.05 Å². The third-order valence-electron chi connectivity index (χ3n) is 2.60. The highest BCUT2D eigenvalue weighted by Gasteiger charge is 2.14. The lowest BCUT2D eigenvalue weighted by molar-refractivity contribution is 0.596. The Morgan fingerprint density at radius 3 is 2.50 bits per heavy atom. The Morgan fingerprint density at radius 2 is 2.00 bits per heavy atom.